The lowest BCUT2D eigenvalue weighted by Gasteiger charge is -2.12. The predicted octanol–water partition coefficient (Wildman–Crippen LogP) is 3.37. The van der Waals surface area contributed by atoms with Gasteiger partial charge in [0.2, 0.25) is 0 Å². The summed E-state index contributed by atoms with van der Waals surface area (Å²) in [6, 6.07) is 13.5. The van der Waals surface area contributed by atoms with Crippen molar-refractivity contribution in [3.8, 4) is 11.6 Å². The average Bonchev–Trinajstić information content (AvgIpc) is 3.15. The lowest BCUT2D eigenvalue weighted by atomic mass is 10.1. The maximum absolute atomic E-state index is 12.7. The molecule has 0 atom stereocenters. The first-order valence-electron chi connectivity index (χ1n) is 9.00. The van der Waals surface area contributed by atoms with Crippen LogP contribution in [0.4, 0.5) is 0 Å². The number of hydrogen-bond donors (Lipinski definition) is 1. The van der Waals surface area contributed by atoms with Crippen molar-refractivity contribution < 1.29 is 9.53 Å². The third-order valence-electron chi connectivity index (χ3n) is 4.32. The molecule has 27 heavy (non-hydrogen) atoms. The largest absolute Gasteiger partial charge is 0.497 e. The molecule has 0 aliphatic carbocycles. The van der Waals surface area contributed by atoms with Gasteiger partial charge in [-0.25, -0.2) is 9.67 Å². The van der Waals surface area contributed by atoms with Crippen LogP contribution in [0.15, 0.2) is 54.9 Å². The number of amides is 1. The highest BCUT2D eigenvalue weighted by molar-refractivity contribution is 5.95. The summed E-state index contributed by atoms with van der Waals surface area (Å²) in [5.74, 6) is 1.55. The highest BCUT2D eigenvalue weighted by Gasteiger charge is 2.21. The summed E-state index contributed by atoms with van der Waals surface area (Å²) in [5, 5.41) is 7.39. The molecule has 0 aliphatic rings. The molecule has 1 N–H and O–H groups in total. The van der Waals surface area contributed by atoms with E-state index in [0.29, 0.717) is 17.9 Å². The van der Waals surface area contributed by atoms with Gasteiger partial charge in [0.25, 0.3) is 5.91 Å². The molecule has 0 bridgehead atoms. The van der Waals surface area contributed by atoms with E-state index >= 15 is 0 Å². The topological polar surface area (TPSA) is 69.0 Å². The summed E-state index contributed by atoms with van der Waals surface area (Å²) in [7, 11) is 1.65. The molecule has 0 unspecified atom stereocenters. The highest BCUT2D eigenvalue weighted by Crippen LogP contribution is 2.22. The van der Waals surface area contributed by atoms with Crippen molar-refractivity contribution in [1.29, 1.82) is 0 Å². The van der Waals surface area contributed by atoms with Crippen molar-refractivity contribution in [2.75, 3.05) is 13.7 Å². The van der Waals surface area contributed by atoms with Gasteiger partial charge in [0.1, 0.15) is 5.75 Å². The second-order valence-electron chi connectivity index (χ2n) is 6.55. The van der Waals surface area contributed by atoms with Crippen LogP contribution in [0.1, 0.15) is 41.4 Å². The van der Waals surface area contributed by atoms with Gasteiger partial charge in [-0.3, -0.25) is 4.79 Å². The summed E-state index contributed by atoms with van der Waals surface area (Å²) < 4.78 is 6.90. The number of nitrogens with zero attached hydrogens (tertiary/aromatic N) is 3. The predicted molar refractivity (Wildman–Crippen MR) is 104 cm³/mol. The number of rotatable bonds is 7. The fourth-order valence-electron chi connectivity index (χ4n) is 2.96. The maximum Gasteiger partial charge on any atom is 0.254 e. The van der Waals surface area contributed by atoms with Crippen LogP contribution in [0, 0.1) is 0 Å². The minimum atomic E-state index is -0.116. The fraction of sp³-hybridized carbons (Fsp3) is 0.286. The van der Waals surface area contributed by atoms with E-state index in [-0.39, 0.29) is 11.8 Å². The molecular formula is C21H24N4O2. The first-order chi connectivity index (χ1) is 13.1. The summed E-state index contributed by atoms with van der Waals surface area (Å²) in [5.41, 5.74) is 2.59. The second-order valence-corrected chi connectivity index (χ2v) is 6.55. The number of aromatic nitrogens is 3. The summed E-state index contributed by atoms with van der Waals surface area (Å²) in [6.07, 6.45) is 4.09. The van der Waals surface area contributed by atoms with Crippen LogP contribution in [-0.4, -0.2) is 34.3 Å². The Kier molecular flexibility index (Phi) is 5.86. The van der Waals surface area contributed by atoms with Crippen LogP contribution in [0.3, 0.4) is 0 Å². The molecule has 0 radical (unpaired) electrons. The van der Waals surface area contributed by atoms with Crippen molar-refractivity contribution in [3.05, 3.63) is 71.7 Å². The normalized spacial score (nSPS) is 10.8. The van der Waals surface area contributed by atoms with Crippen molar-refractivity contribution in [3.63, 3.8) is 0 Å². The molecular weight excluding hydrogens is 340 g/mol. The van der Waals surface area contributed by atoms with E-state index in [1.165, 1.54) is 0 Å². The number of pyridine rings is 1. The minimum absolute atomic E-state index is 0.116. The zero-order chi connectivity index (χ0) is 19.2. The van der Waals surface area contributed by atoms with Gasteiger partial charge in [-0.2, -0.15) is 5.10 Å². The summed E-state index contributed by atoms with van der Waals surface area (Å²) in [4.78, 5) is 17.0. The lowest BCUT2D eigenvalue weighted by Crippen LogP contribution is -2.26. The van der Waals surface area contributed by atoms with Gasteiger partial charge in [0.05, 0.1) is 24.6 Å². The van der Waals surface area contributed by atoms with E-state index in [1.807, 2.05) is 56.3 Å². The number of hydrogen-bond acceptors (Lipinski definition) is 4. The standard InChI is InChI=1S/C21H24N4O2/c1-15(2)20-18(14-24-25(20)19-6-4-5-12-22-19)21(26)23-13-11-16-7-9-17(27-3)10-8-16/h4-10,12,14-15H,11,13H2,1-3H3,(H,23,26). The van der Waals surface area contributed by atoms with E-state index in [1.54, 1.807) is 24.2 Å². The average molecular weight is 364 g/mol. The lowest BCUT2D eigenvalue weighted by molar-refractivity contribution is 0.0952. The van der Waals surface area contributed by atoms with E-state index in [4.69, 9.17) is 4.74 Å². The van der Waals surface area contributed by atoms with Crippen molar-refractivity contribution >= 4 is 5.91 Å². The zero-order valence-corrected chi connectivity index (χ0v) is 15.8. The molecule has 0 spiro atoms. The molecule has 2 heterocycles. The highest BCUT2D eigenvalue weighted by atomic mass is 16.5. The van der Waals surface area contributed by atoms with Gasteiger partial charge < -0.3 is 10.1 Å². The Bertz CT molecular complexity index is 886. The van der Waals surface area contributed by atoms with Crippen LogP contribution in [-0.2, 0) is 6.42 Å². The Morgan fingerprint density at radius 1 is 1.19 bits per heavy atom. The molecule has 0 saturated heterocycles. The third kappa shape index (κ3) is 4.34. The number of ether oxygens (including phenoxy) is 1. The Morgan fingerprint density at radius 2 is 1.96 bits per heavy atom. The third-order valence-corrected chi connectivity index (χ3v) is 4.32. The molecule has 3 rings (SSSR count). The molecule has 0 aliphatic heterocycles. The smallest absolute Gasteiger partial charge is 0.254 e. The first-order valence-corrected chi connectivity index (χ1v) is 9.00. The van der Waals surface area contributed by atoms with Crippen molar-refractivity contribution in [2.24, 2.45) is 0 Å². The van der Waals surface area contributed by atoms with Gasteiger partial charge >= 0.3 is 0 Å². The van der Waals surface area contributed by atoms with E-state index < -0.39 is 0 Å². The van der Waals surface area contributed by atoms with Crippen LogP contribution < -0.4 is 10.1 Å². The van der Waals surface area contributed by atoms with Crippen LogP contribution >= 0.6 is 0 Å². The molecule has 1 aromatic carbocycles. The summed E-state index contributed by atoms with van der Waals surface area (Å²) >= 11 is 0. The van der Waals surface area contributed by atoms with Gasteiger partial charge in [0, 0.05) is 12.7 Å². The van der Waals surface area contributed by atoms with Gasteiger partial charge in [-0.1, -0.05) is 32.0 Å². The molecule has 1 amide bonds. The number of carbonyl (C=O) groups is 1. The van der Waals surface area contributed by atoms with Gasteiger partial charge in [-0.15, -0.1) is 0 Å². The quantitative estimate of drug-likeness (QED) is 0.698. The van der Waals surface area contributed by atoms with Crippen LogP contribution in [0.25, 0.3) is 5.82 Å². The SMILES string of the molecule is COc1ccc(CCNC(=O)c2cnn(-c3ccccn3)c2C(C)C)cc1. The molecule has 6 heteroatoms. The Balaban J connectivity index is 1.70. The van der Waals surface area contributed by atoms with E-state index in [0.717, 1.165) is 23.4 Å². The Morgan fingerprint density at radius 3 is 2.59 bits per heavy atom. The molecule has 2 aromatic heterocycles. The minimum Gasteiger partial charge on any atom is -0.497 e. The monoisotopic (exact) mass is 364 g/mol. The van der Waals surface area contributed by atoms with Crippen LogP contribution in [0.2, 0.25) is 0 Å². The molecule has 140 valence electrons. The van der Waals surface area contributed by atoms with E-state index in [9.17, 15) is 4.79 Å². The number of nitrogens with one attached hydrogen (secondary N) is 1. The number of methoxy groups -OCH3 is 1. The van der Waals surface area contributed by atoms with Gasteiger partial charge in [0.15, 0.2) is 5.82 Å². The van der Waals surface area contributed by atoms with E-state index in [2.05, 4.69) is 15.4 Å². The Hall–Kier alpha value is -3.15. The molecule has 3 aromatic rings. The van der Waals surface area contributed by atoms with Gasteiger partial charge in [-0.05, 0) is 42.2 Å². The first kappa shape index (κ1) is 18.6. The molecule has 0 fully saturated rings. The summed E-state index contributed by atoms with van der Waals surface area (Å²) in [6.45, 7) is 4.65. The maximum atomic E-state index is 12.7. The Labute approximate surface area is 159 Å². The van der Waals surface area contributed by atoms with Crippen molar-refractivity contribution in [2.45, 2.75) is 26.2 Å². The molecule has 6 nitrogen and oxygen atoms in total. The fourth-order valence-corrected chi connectivity index (χ4v) is 2.96. The number of benzene rings is 1. The van der Waals surface area contributed by atoms with Crippen LogP contribution in [0.5, 0.6) is 5.75 Å². The molecule has 0 saturated carbocycles. The second kappa shape index (κ2) is 8.49. The number of carbonyl (C=O) groups excluding carboxylic acids is 1. The van der Waals surface area contributed by atoms with Crippen molar-refractivity contribution in [1.82, 2.24) is 20.1 Å². The zero-order valence-electron chi connectivity index (χ0n) is 15.8.